The Morgan fingerprint density at radius 2 is 1.67 bits per heavy atom. The molecule has 2 rings (SSSR count). The van der Waals surface area contributed by atoms with Gasteiger partial charge in [0.25, 0.3) is 0 Å². The summed E-state index contributed by atoms with van der Waals surface area (Å²) in [4.78, 5) is 12.2. The summed E-state index contributed by atoms with van der Waals surface area (Å²) >= 11 is 0. The first-order chi connectivity index (χ1) is 8.79. The largest absolute Gasteiger partial charge is 0.396 e. The van der Waals surface area contributed by atoms with Crippen LogP contribution in [0.4, 0.5) is 0 Å². The fraction of sp³-hybridized carbons (Fsp3) is 0.933. The molecule has 2 aliphatic rings. The minimum Gasteiger partial charge on any atom is -0.396 e. The predicted molar refractivity (Wildman–Crippen MR) is 72.2 cm³/mol. The average Bonchev–Trinajstić information content (AvgIpc) is 2.41. The van der Waals surface area contributed by atoms with Crippen molar-refractivity contribution in [2.75, 3.05) is 6.61 Å². The molecule has 0 aromatic carbocycles. The van der Waals surface area contributed by atoms with Crippen molar-refractivity contribution in [2.24, 2.45) is 11.8 Å². The third-order valence-corrected chi connectivity index (χ3v) is 4.71. The first kappa shape index (κ1) is 13.9. The maximum absolute atomic E-state index is 12.2. The number of aliphatic hydroxyl groups is 1. The maximum atomic E-state index is 12.2. The topological polar surface area (TPSA) is 49.3 Å². The Morgan fingerprint density at radius 1 is 1.00 bits per heavy atom. The summed E-state index contributed by atoms with van der Waals surface area (Å²) in [7, 11) is 0. The summed E-state index contributed by atoms with van der Waals surface area (Å²) in [5.74, 6) is 1.18. The Kier molecular flexibility index (Phi) is 5.48. The lowest BCUT2D eigenvalue weighted by molar-refractivity contribution is -0.127. The molecular weight excluding hydrogens is 226 g/mol. The molecule has 0 aromatic rings. The van der Waals surface area contributed by atoms with Crippen LogP contribution in [0.1, 0.15) is 64.2 Å². The lowest BCUT2D eigenvalue weighted by atomic mass is 9.80. The Hall–Kier alpha value is -0.570. The van der Waals surface area contributed by atoms with Crippen LogP contribution in [0.25, 0.3) is 0 Å². The van der Waals surface area contributed by atoms with E-state index in [4.69, 9.17) is 5.11 Å². The lowest BCUT2D eigenvalue weighted by Crippen LogP contribution is -2.41. The van der Waals surface area contributed by atoms with Crippen LogP contribution >= 0.6 is 0 Å². The molecule has 2 aliphatic carbocycles. The summed E-state index contributed by atoms with van der Waals surface area (Å²) < 4.78 is 0. The van der Waals surface area contributed by atoms with Gasteiger partial charge in [-0.1, -0.05) is 19.3 Å². The zero-order valence-corrected chi connectivity index (χ0v) is 11.4. The molecule has 104 valence electrons. The predicted octanol–water partition coefficient (Wildman–Crippen LogP) is 2.62. The van der Waals surface area contributed by atoms with Gasteiger partial charge in [-0.3, -0.25) is 4.79 Å². The Morgan fingerprint density at radius 3 is 2.28 bits per heavy atom. The number of carbonyl (C=O) groups excluding carboxylic acids is 1. The second kappa shape index (κ2) is 7.13. The quantitative estimate of drug-likeness (QED) is 0.809. The van der Waals surface area contributed by atoms with Crippen LogP contribution in [0.15, 0.2) is 0 Å². The molecule has 0 unspecified atom stereocenters. The van der Waals surface area contributed by atoms with E-state index in [0.717, 1.165) is 32.1 Å². The van der Waals surface area contributed by atoms with Crippen LogP contribution in [0.2, 0.25) is 0 Å². The monoisotopic (exact) mass is 253 g/mol. The third-order valence-electron chi connectivity index (χ3n) is 4.71. The van der Waals surface area contributed by atoms with Crippen molar-refractivity contribution >= 4 is 5.91 Å². The van der Waals surface area contributed by atoms with E-state index < -0.39 is 0 Å². The summed E-state index contributed by atoms with van der Waals surface area (Å²) in [6.07, 6.45) is 11.4. The number of nitrogens with one attached hydrogen (secondary N) is 1. The normalized spacial score (nSPS) is 30.1. The van der Waals surface area contributed by atoms with Crippen molar-refractivity contribution in [3.63, 3.8) is 0 Å². The highest BCUT2D eigenvalue weighted by Crippen LogP contribution is 2.31. The molecule has 0 aromatic heterocycles. The van der Waals surface area contributed by atoms with E-state index in [2.05, 4.69) is 5.32 Å². The molecule has 0 bridgehead atoms. The van der Waals surface area contributed by atoms with Crippen molar-refractivity contribution < 1.29 is 9.90 Å². The fourth-order valence-electron chi connectivity index (χ4n) is 3.46. The molecule has 0 aliphatic heterocycles. The molecule has 3 nitrogen and oxygen atoms in total. The summed E-state index contributed by atoms with van der Waals surface area (Å²) in [5.41, 5.74) is 0. The number of aliphatic hydroxyl groups excluding tert-OH is 1. The van der Waals surface area contributed by atoms with Crippen LogP contribution in [0.3, 0.4) is 0 Å². The van der Waals surface area contributed by atoms with E-state index in [-0.39, 0.29) is 5.92 Å². The van der Waals surface area contributed by atoms with E-state index >= 15 is 0 Å². The Bertz CT molecular complexity index is 253. The van der Waals surface area contributed by atoms with Gasteiger partial charge in [0.1, 0.15) is 0 Å². The Labute approximate surface area is 110 Å². The number of rotatable bonds is 4. The first-order valence-electron chi connectivity index (χ1n) is 7.71. The summed E-state index contributed by atoms with van der Waals surface area (Å²) in [5, 5.41) is 12.2. The standard InChI is InChI=1S/C15H27NO2/c17-11-10-12-6-8-13(9-7-12)15(18)16-14-4-2-1-3-5-14/h12-14,17H,1-11H2,(H,16,18). The van der Waals surface area contributed by atoms with Gasteiger partial charge in [-0.2, -0.15) is 0 Å². The smallest absolute Gasteiger partial charge is 0.223 e. The Balaban J connectivity index is 1.70. The fourth-order valence-corrected chi connectivity index (χ4v) is 3.46. The van der Waals surface area contributed by atoms with Crippen molar-refractivity contribution in [2.45, 2.75) is 70.3 Å². The van der Waals surface area contributed by atoms with Crippen LogP contribution in [-0.4, -0.2) is 23.7 Å². The average molecular weight is 253 g/mol. The van der Waals surface area contributed by atoms with E-state index in [1.807, 2.05) is 0 Å². The van der Waals surface area contributed by atoms with Gasteiger partial charge >= 0.3 is 0 Å². The highest BCUT2D eigenvalue weighted by atomic mass is 16.3. The van der Waals surface area contributed by atoms with Gasteiger partial charge in [-0.15, -0.1) is 0 Å². The number of hydrogen-bond acceptors (Lipinski definition) is 2. The highest BCUT2D eigenvalue weighted by molar-refractivity contribution is 5.79. The van der Waals surface area contributed by atoms with Gasteiger partial charge in [0.15, 0.2) is 0 Å². The molecule has 0 radical (unpaired) electrons. The van der Waals surface area contributed by atoms with Crippen LogP contribution in [0, 0.1) is 11.8 Å². The van der Waals surface area contributed by atoms with Crippen molar-refractivity contribution in [1.82, 2.24) is 5.32 Å². The van der Waals surface area contributed by atoms with Gasteiger partial charge in [-0.05, 0) is 50.9 Å². The third kappa shape index (κ3) is 3.98. The molecular formula is C15H27NO2. The van der Waals surface area contributed by atoms with Gasteiger partial charge in [0.2, 0.25) is 5.91 Å². The lowest BCUT2D eigenvalue weighted by Gasteiger charge is -2.30. The number of carbonyl (C=O) groups is 1. The molecule has 0 saturated heterocycles. The molecule has 0 heterocycles. The molecule has 2 N–H and O–H groups in total. The van der Waals surface area contributed by atoms with Crippen LogP contribution in [0.5, 0.6) is 0 Å². The minimum absolute atomic E-state index is 0.238. The zero-order chi connectivity index (χ0) is 12.8. The highest BCUT2D eigenvalue weighted by Gasteiger charge is 2.27. The molecule has 1 amide bonds. The van der Waals surface area contributed by atoms with Crippen LogP contribution in [-0.2, 0) is 4.79 Å². The molecule has 18 heavy (non-hydrogen) atoms. The van der Waals surface area contributed by atoms with E-state index in [1.54, 1.807) is 0 Å². The van der Waals surface area contributed by atoms with Gasteiger partial charge in [0, 0.05) is 18.6 Å². The van der Waals surface area contributed by atoms with Gasteiger partial charge in [-0.25, -0.2) is 0 Å². The molecule has 0 spiro atoms. The zero-order valence-electron chi connectivity index (χ0n) is 11.4. The second-order valence-corrected chi connectivity index (χ2v) is 6.07. The van der Waals surface area contributed by atoms with Crippen molar-refractivity contribution in [1.29, 1.82) is 0 Å². The number of amides is 1. The first-order valence-corrected chi connectivity index (χ1v) is 7.71. The molecule has 2 fully saturated rings. The van der Waals surface area contributed by atoms with E-state index in [1.165, 1.54) is 32.1 Å². The minimum atomic E-state index is 0.238. The summed E-state index contributed by atoms with van der Waals surface area (Å²) in [6.45, 7) is 0.295. The van der Waals surface area contributed by atoms with E-state index in [0.29, 0.717) is 24.5 Å². The number of hydrogen-bond donors (Lipinski definition) is 2. The van der Waals surface area contributed by atoms with Gasteiger partial charge in [0.05, 0.1) is 0 Å². The second-order valence-electron chi connectivity index (χ2n) is 6.07. The van der Waals surface area contributed by atoms with Crippen molar-refractivity contribution in [3.8, 4) is 0 Å². The molecule has 0 atom stereocenters. The van der Waals surface area contributed by atoms with Crippen LogP contribution < -0.4 is 5.32 Å². The van der Waals surface area contributed by atoms with Gasteiger partial charge < -0.3 is 10.4 Å². The van der Waals surface area contributed by atoms with Crippen molar-refractivity contribution in [3.05, 3.63) is 0 Å². The van der Waals surface area contributed by atoms with E-state index in [9.17, 15) is 4.79 Å². The molecule has 3 heteroatoms. The molecule has 2 saturated carbocycles. The summed E-state index contributed by atoms with van der Waals surface area (Å²) in [6, 6.07) is 0.446. The SMILES string of the molecule is O=C(NC1CCCCC1)C1CCC(CCO)CC1. The maximum Gasteiger partial charge on any atom is 0.223 e.